The minimum absolute atomic E-state index is 0.0396. The van der Waals surface area contributed by atoms with Crippen LogP contribution in [0.15, 0.2) is 0 Å². The normalized spacial score (nSPS) is 27.6. The molecule has 0 aromatic rings. The smallest absolute Gasteiger partial charge is 0.410 e. The molecule has 1 atom stereocenters. The Hall–Kier alpha value is -0.810. The van der Waals surface area contributed by atoms with Crippen molar-refractivity contribution in [3.8, 4) is 0 Å². The summed E-state index contributed by atoms with van der Waals surface area (Å²) in [5.74, 6) is 0. The number of aliphatic hydroxyl groups excluding tert-OH is 1. The van der Waals surface area contributed by atoms with Crippen LogP contribution in [0, 0.1) is 0 Å². The monoisotopic (exact) mass is 256 g/mol. The molecular weight excluding hydrogens is 232 g/mol. The van der Waals surface area contributed by atoms with Crippen molar-refractivity contribution >= 4 is 6.09 Å². The van der Waals surface area contributed by atoms with Gasteiger partial charge in [0.2, 0.25) is 0 Å². The number of nitrogens with zero attached hydrogens (tertiary/aromatic N) is 1. The van der Waals surface area contributed by atoms with E-state index in [1.165, 1.54) is 0 Å². The molecule has 0 unspecified atom stereocenters. The molecule has 5 heteroatoms. The first kappa shape index (κ1) is 13.6. The van der Waals surface area contributed by atoms with Gasteiger partial charge in [0.15, 0.2) is 0 Å². The molecule has 18 heavy (non-hydrogen) atoms. The van der Waals surface area contributed by atoms with Gasteiger partial charge in [-0.05, 0) is 40.0 Å². The van der Waals surface area contributed by atoms with E-state index < -0.39 is 5.60 Å². The number of carbonyl (C=O) groups is 1. The number of hydrogen-bond acceptors (Lipinski definition) is 4. The lowest BCUT2D eigenvalue weighted by molar-refractivity contribution is 0.0152. The third-order valence-electron chi connectivity index (χ3n) is 3.71. The van der Waals surface area contributed by atoms with Crippen molar-refractivity contribution in [2.45, 2.75) is 57.3 Å². The van der Waals surface area contributed by atoms with E-state index >= 15 is 0 Å². The first-order valence-electron chi connectivity index (χ1n) is 6.71. The van der Waals surface area contributed by atoms with Gasteiger partial charge in [-0.25, -0.2) is 4.79 Å². The summed E-state index contributed by atoms with van der Waals surface area (Å²) in [5, 5.41) is 13.0. The Morgan fingerprint density at radius 3 is 2.44 bits per heavy atom. The van der Waals surface area contributed by atoms with Gasteiger partial charge in [-0.1, -0.05) is 0 Å². The van der Waals surface area contributed by atoms with Crippen molar-refractivity contribution in [2.24, 2.45) is 0 Å². The zero-order chi connectivity index (χ0) is 13.4. The summed E-state index contributed by atoms with van der Waals surface area (Å²) in [6, 6.07) is 0. The van der Waals surface area contributed by atoms with E-state index in [1.54, 1.807) is 4.90 Å². The summed E-state index contributed by atoms with van der Waals surface area (Å²) < 4.78 is 5.37. The Kier molecular flexibility index (Phi) is 3.56. The molecule has 1 amide bonds. The fourth-order valence-corrected chi connectivity index (χ4v) is 2.75. The third kappa shape index (κ3) is 3.14. The highest BCUT2D eigenvalue weighted by molar-refractivity contribution is 5.68. The quantitative estimate of drug-likeness (QED) is 0.681. The minimum atomic E-state index is -0.436. The fraction of sp³-hybridized carbons (Fsp3) is 0.923. The molecule has 0 aromatic heterocycles. The Bertz CT molecular complexity index is 317. The van der Waals surface area contributed by atoms with Gasteiger partial charge in [0.25, 0.3) is 0 Å². The molecule has 2 rings (SSSR count). The molecular formula is C13H24N2O3. The lowest BCUT2D eigenvalue weighted by atomic mass is 9.86. The number of rotatable bonds is 0. The van der Waals surface area contributed by atoms with Crippen molar-refractivity contribution < 1.29 is 14.6 Å². The summed E-state index contributed by atoms with van der Waals surface area (Å²) in [4.78, 5) is 13.7. The standard InChI is InChI=1S/C13H24N2O3/c1-12(2,3)18-11(17)15-6-4-13(5-7-15)8-10(16)9-14-13/h10,14,16H,4-9H2,1-3H3/t10-/m0/s1. The van der Waals surface area contributed by atoms with Gasteiger partial charge in [0, 0.05) is 25.2 Å². The van der Waals surface area contributed by atoms with E-state index in [9.17, 15) is 9.90 Å². The highest BCUT2D eigenvalue weighted by Gasteiger charge is 2.41. The van der Waals surface area contributed by atoms with E-state index in [-0.39, 0.29) is 17.7 Å². The summed E-state index contributed by atoms with van der Waals surface area (Å²) in [5.41, 5.74) is -0.397. The molecule has 1 spiro atoms. The average molecular weight is 256 g/mol. The molecule has 0 saturated carbocycles. The predicted molar refractivity (Wildman–Crippen MR) is 68.4 cm³/mol. The second-order valence-electron chi connectivity index (χ2n) is 6.49. The number of aliphatic hydroxyl groups is 1. The van der Waals surface area contributed by atoms with E-state index in [0.29, 0.717) is 19.6 Å². The van der Waals surface area contributed by atoms with Crippen LogP contribution < -0.4 is 5.32 Å². The van der Waals surface area contributed by atoms with E-state index in [2.05, 4.69) is 5.32 Å². The maximum atomic E-state index is 11.9. The van der Waals surface area contributed by atoms with Crippen LogP contribution in [0.3, 0.4) is 0 Å². The second-order valence-corrected chi connectivity index (χ2v) is 6.49. The van der Waals surface area contributed by atoms with Gasteiger partial charge in [-0.2, -0.15) is 0 Å². The van der Waals surface area contributed by atoms with Gasteiger partial charge in [0.05, 0.1) is 6.10 Å². The van der Waals surface area contributed by atoms with Crippen molar-refractivity contribution in [3.05, 3.63) is 0 Å². The molecule has 2 N–H and O–H groups in total. The lowest BCUT2D eigenvalue weighted by Crippen LogP contribution is -2.52. The summed E-state index contributed by atoms with van der Waals surface area (Å²) in [6.45, 7) is 7.72. The van der Waals surface area contributed by atoms with E-state index in [0.717, 1.165) is 19.3 Å². The van der Waals surface area contributed by atoms with E-state index in [4.69, 9.17) is 4.74 Å². The first-order valence-corrected chi connectivity index (χ1v) is 6.71. The molecule has 0 bridgehead atoms. The number of piperidine rings is 1. The number of carbonyl (C=O) groups excluding carboxylic acids is 1. The maximum Gasteiger partial charge on any atom is 0.410 e. The zero-order valence-electron chi connectivity index (χ0n) is 11.5. The molecule has 2 aliphatic heterocycles. The summed E-state index contributed by atoms with van der Waals surface area (Å²) in [6.07, 6.45) is 2.12. The van der Waals surface area contributed by atoms with Crippen molar-refractivity contribution in [1.29, 1.82) is 0 Å². The molecule has 2 aliphatic rings. The highest BCUT2D eigenvalue weighted by atomic mass is 16.6. The Morgan fingerprint density at radius 2 is 2.00 bits per heavy atom. The van der Waals surface area contributed by atoms with E-state index in [1.807, 2.05) is 20.8 Å². The Balaban J connectivity index is 1.85. The zero-order valence-corrected chi connectivity index (χ0v) is 11.5. The third-order valence-corrected chi connectivity index (χ3v) is 3.71. The van der Waals surface area contributed by atoms with Crippen molar-refractivity contribution in [1.82, 2.24) is 10.2 Å². The molecule has 0 aromatic carbocycles. The van der Waals surface area contributed by atoms with Crippen LogP contribution >= 0.6 is 0 Å². The number of nitrogens with one attached hydrogen (secondary N) is 1. The molecule has 5 nitrogen and oxygen atoms in total. The van der Waals surface area contributed by atoms with Crippen molar-refractivity contribution in [3.63, 3.8) is 0 Å². The molecule has 2 saturated heterocycles. The summed E-state index contributed by atoms with van der Waals surface area (Å²) >= 11 is 0. The Labute approximate surface area is 108 Å². The van der Waals surface area contributed by atoms with Crippen LogP contribution in [0.5, 0.6) is 0 Å². The molecule has 2 fully saturated rings. The van der Waals surface area contributed by atoms with Crippen LogP contribution in [-0.2, 0) is 4.74 Å². The minimum Gasteiger partial charge on any atom is -0.444 e. The van der Waals surface area contributed by atoms with Crippen LogP contribution in [0.2, 0.25) is 0 Å². The van der Waals surface area contributed by atoms with Crippen LogP contribution in [0.1, 0.15) is 40.0 Å². The number of hydrogen-bond donors (Lipinski definition) is 2. The van der Waals surface area contributed by atoms with Gasteiger partial charge in [0.1, 0.15) is 5.60 Å². The number of ether oxygens (including phenoxy) is 1. The van der Waals surface area contributed by atoms with Gasteiger partial charge in [-0.3, -0.25) is 0 Å². The molecule has 0 aliphatic carbocycles. The van der Waals surface area contributed by atoms with Crippen LogP contribution in [0.4, 0.5) is 4.79 Å². The second kappa shape index (κ2) is 4.70. The van der Waals surface area contributed by atoms with Crippen molar-refractivity contribution in [2.75, 3.05) is 19.6 Å². The van der Waals surface area contributed by atoms with Crippen LogP contribution in [0.25, 0.3) is 0 Å². The largest absolute Gasteiger partial charge is 0.444 e. The van der Waals surface area contributed by atoms with Gasteiger partial charge in [-0.15, -0.1) is 0 Å². The number of amides is 1. The predicted octanol–water partition coefficient (Wildman–Crippen LogP) is 1.11. The lowest BCUT2D eigenvalue weighted by Gasteiger charge is -2.39. The Morgan fingerprint density at radius 1 is 1.39 bits per heavy atom. The summed E-state index contributed by atoms with van der Waals surface area (Å²) in [7, 11) is 0. The first-order chi connectivity index (χ1) is 8.30. The molecule has 0 radical (unpaired) electrons. The fourth-order valence-electron chi connectivity index (χ4n) is 2.75. The average Bonchev–Trinajstić information content (AvgIpc) is 2.58. The highest BCUT2D eigenvalue weighted by Crippen LogP contribution is 2.31. The molecule has 104 valence electrons. The van der Waals surface area contributed by atoms with Gasteiger partial charge >= 0.3 is 6.09 Å². The molecule has 2 heterocycles. The maximum absolute atomic E-state index is 11.9. The SMILES string of the molecule is CC(C)(C)OC(=O)N1CCC2(CC1)C[C@H](O)CN2. The van der Waals surface area contributed by atoms with Crippen LogP contribution in [-0.4, -0.2) is 53.0 Å². The van der Waals surface area contributed by atoms with Gasteiger partial charge < -0.3 is 20.1 Å². The number of likely N-dealkylation sites (tertiary alicyclic amines) is 1. The topological polar surface area (TPSA) is 61.8 Å². The number of β-amino-alcohol motifs (C(OH)–C–C–N with tert-alkyl or cyclic N) is 1.